The summed E-state index contributed by atoms with van der Waals surface area (Å²) >= 11 is 0. The third-order valence-corrected chi connectivity index (χ3v) is 1.96. The molecule has 0 saturated heterocycles. The molecule has 0 spiro atoms. The minimum Gasteiger partial charge on any atom is -0.355 e. The first-order valence-corrected chi connectivity index (χ1v) is 5.28. The molecule has 0 atom stereocenters. The molecule has 80 valence electrons. The zero-order valence-corrected chi connectivity index (χ0v) is 9.67. The van der Waals surface area contributed by atoms with Gasteiger partial charge in [0.2, 0.25) is 5.95 Å². The molecule has 0 saturated carbocycles. The van der Waals surface area contributed by atoms with Crippen molar-refractivity contribution in [3.63, 3.8) is 0 Å². The van der Waals surface area contributed by atoms with Crippen LogP contribution in [-0.4, -0.2) is 16.1 Å². The lowest BCUT2D eigenvalue weighted by Gasteiger charge is -2.19. The van der Waals surface area contributed by atoms with Crippen molar-refractivity contribution in [1.82, 2.24) is 9.55 Å². The van der Waals surface area contributed by atoms with Crippen LogP contribution in [0.5, 0.6) is 0 Å². The molecule has 0 radical (unpaired) electrons. The molecule has 3 heteroatoms. The fraction of sp³-hybridized carbons (Fsp3) is 0.727. The quantitative estimate of drug-likeness (QED) is 0.800. The number of nitrogens with one attached hydrogen (secondary N) is 1. The van der Waals surface area contributed by atoms with Crippen LogP contribution in [0.25, 0.3) is 0 Å². The summed E-state index contributed by atoms with van der Waals surface area (Å²) in [6, 6.07) is 0. The summed E-state index contributed by atoms with van der Waals surface area (Å²) in [6.45, 7) is 10.8. The Bertz CT molecular complexity index is 270. The van der Waals surface area contributed by atoms with E-state index in [1.54, 1.807) is 0 Å². The first kappa shape index (κ1) is 11.1. The van der Waals surface area contributed by atoms with Gasteiger partial charge in [-0.3, -0.25) is 0 Å². The van der Waals surface area contributed by atoms with E-state index in [4.69, 9.17) is 0 Å². The Morgan fingerprint density at radius 3 is 2.71 bits per heavy atom. The Morgan fingerprint density at radius 2 is 2.14 bits per heavy atom. The minimum absolute atomic E-state index is 0.295. The van der Waals surface area contributed by atoms with Crippen LogP contribution in [0.3, 0.4) is 0 Å². The topological polar surface area (TPSA) is 29.9 Å². The van der Waals surface area contributed by atoms with Crippen LogP contribution < -0.4 is 5.32 Å². The summed E-state index contributed by atoms with van der Waals surface area (Å²) in [5.41, 5.74) is 0.295. The van der Waals surface area contributed by atoms with E-state index >= 15 is 0 Å². The molecule has 1 rings (SSSR count). The lowest BCUT2D eigenvalue weighted by molar-refractivity contribution is 0.440. The molecule has 1 heterocycles. The number of anilines is 1. The van der Waals surface area contributed by atoms with Crippen LogP contribution >= 0.6 is 0 Å². The molecule has 0 aliphatic rings. The molecule has 1 aromatic rings. The molecule has 0 fully saturated rings. The van der Waals surface area contributed by atoms with Crippen molar-refractivity contribution in [2.75, 3.05) is 11.9 Å². The first-order chi connectivity index (χ1) is 6.53. The molecule has 1 aromatic heterocycles. The van der Waals surface area contributed by atoms with Crippen LogP contribution in [0.2, 0.25) is 0 Å². The van der Waals surface area contributed by atoms with Crippen molar-refractivity contribution < 1.29 is 0 Å². The lowest BCUT2D eigenvalue weighted by Crippen LogP contribution is -2.21. The summed E-state index contributed by atoms with van der Waals surface area (Å²) in [5, 5.41) is 3.37. The standard InChI is InChI=1S/C11H21N3/c1-5-7-14-8-6-12-10(14)13-9-11(2,3)4/h6,8H,5,7,9H2,1-4H3,(H,12,13). The van der Waals surface area contributed by atoms with E-state index in [2.05, 4.69) is 42.6 Å². The maximum absolute atomic E-state index is 4.29. The molecule has 3 nitrogen and oxygen atoms in total. The molecule has 1 N–H and O–H groups in total. The highest BCUT2D eigenvalue weighted by Gasteiger charge is 2.11. The maximum atomic E-state index is 4.29. The number of imidazole rings is 1. The van der Waals surface area contributed by atoms with E-state index in [0.717, 1.165) is 25.5 Å². The van der Waals surface area contributed by atoms with Crippen molar-refractivity contribution >= 4 is 5.95 Å². The highest BCUT2D eigenvalue weighted by atomic mass is 15.2. The lowest BCUT2D eigenvalue weighted by atomic mass is 9.97. The molecule has 0 unspecified atom stereocenters. The smallest absolute Gasteiger partial charge is 0.202 e. The second kappa shape index (κ2) is 4.49. The molecule has 0 aliphatic carbocycles. The van der Waals surface area contributed by atoms with Crippen molar-refractivity contribution in [2.24, 2.45) is 5.41 Å². The molecule has 0 bridgehead atoms. The van der Waals surface area contributed by atoms with Crippen LogP contribution in [0.4, 0.5) is 5.95 Å². The van der Waals surface area contributed by atoms with Gasteiger partial charge in [0.25, 0.3) is 0 Å². The first-order valence-electron chi connectivity index (χ1n) is 5.28. The van der Waals surface area contributed by atoms with Gasteiger partial charge in [-0.15, -0.1) is 0 Å². The Morgan fingerprint density at radius 1 is 1.43 bits per heavy atom. The van der Waals surface area contributed by atoms with Gasteiger partial charge in [-0.05, 0) is 11.8 Å². The average molecular weight is 195 g/mol. The van der Waals surface area contributed by atoms with Crippen molar-refractivity contribution in [1.29, 1.82) is 0 Å². The Labute approximate surface area is 86.5 Å². The van der Waals surface area contributed by atoms with E-state index in [-0.39, 0.29) is 0 Å². The van der Waals surface area contributed by atoms with Gasteiger partial charge in [0.05, 0.1) is 0 Å². The van der Waals surface area contributed by atoms with Gasteiger partial charge in [0.15, 0.2) is 0 Å². The molecule has 0 aliphatic heterocycles. The molecular formula is C11H21N3. The summed E-state index contributed by atoms with van der Waals surface area (Å²) in [5.74, 6) is 0.988. The number of aromatic nitrogens is 2. The van der Waals surface area contributed by atoms with Crippen molar-refractivity contribution in [2.45, 2.75) is 40.7 Å². The van der Waals surface area contributed by atoms with E-state index in [9.17, 15) is 0 Å². The number of aryl methyl sites for hydroxylation is 1. The Hall–Kier alpha value is -0.990. The monoisotopic (exact) mass is 195 g/mol. The number of nitrogens with zero attached hydrogens (tertiary/aromatic N) is 2. The van der Waals surface area contributed by atoms with Gasteiger partial charge in [-0.2, -0.15) is 0 Å². The minimum atomic E-state index is 0.295. The van der Waals surface area contributed by atoms with E-state index < -0.39 is 0 Å². The number of hydrogen-bond acceptors (Lipinski definition) is 2. The van der Waals surface area contributed by atoms with E-state index in [1.165, 1.54) is 0 Å². The van der Waals surface area contributed by atoms with Crippen molar-refractivity contribution in [3.05, 3.63) is 12.4 Å². The van der Waals surface area contributed by atoms with Crippen LogP contribution in [0.15, 0.2) is 12.4 Å². The van der Waals surface area contributed by atoms with Gasteiger partial charge >= 0.3 is 0 Å². The maximum Gasteiger partial charge on any atom is 0.202 e. The largest absolute Gasteiger partial charge is 0.355 e. The fourth-order valence-electron chi connectivity index (χ4n) is 1.24. The summed E-state index contributed by atoms with van der Waals surface area (Å²) in [7, 11) is 0. The summed E-state index contributed by atoms with van der Waals surface area (Å²) < 4.78 is 2.16. The third kappa shape index (κ3) is 3.40. The number of rotatable bonds is 4. The third-order valence-electron chi connectivity index (χ3n) is 1.96. The molecule has 0 aromatic carbocycles. The van der Waals surface area contributed by atoms with E-state index in [1.807, 2.05) is 12.4 Å². The highest BCUT2D eigenvalue weighted by molar-refractivity contribution is 5.26. The second-order valence-corrected chi connectivity index (χ2v) is 4.86. The van der Waals surface area contributed by atoms with Gasteiger partial charge in [-0.1, -0.05) is 27.7 Å². The van der Waals surface area contributed by atoms with Gasteiger partial charge in [-0.25, -0.2) is 4.98 Å². The number of hydrogen-bond donors (Lipinski definition) is 1. The second-order valence-electron chi connectivity index (χ2n) is 4.86. The van der Waals surface area contributed by atoms with Crippen LogP contribution in [-0.2, 0) is 6.54 Å². The summed E-state index contributed by atoms with van der Waals surface area (Å²) in [6.07, 6.45) is 5.01. The van der Waals surface area contributed by atoms with Gasteiger partial charge in [0, 0.05) is 25.5 Å². The van der Waals surface area contributed by atoms with Crippen LogP contribution in [0.1, 0.15) is 34.1 Å². The van der Waals surface area contributed by atoms with E-state index in [0.29, 0.717) is 5.41 Å². The van der Waals surface area contributed by atoms with Crippen LogP contribution in [0, 0.1) is 5.41 Å². The Balaban J connectivity index is 2.53. The highest BCUT2D eigenvalue weighted by Crippen LogP contribution is 2.14. The molecular weight excluding hydrogens is 174 g/mol. The Kier molecular flexibility index (Phi) is 3.55. The van der Waals surface area contributed by atoms with Gasteiger partial charge < -0.3 is 9.88 Å². The summed E-state index contributed by atoms with van der Waals surface area (Å²) in [4.78, 5) is 4.29. The predicted molar refractivity (Wildman–Crippen MR) is 60.5 cm³/mol. The predicted octanol–water partition coefficient (Wildman–Crippen LogP) is 2.75. The fourth-order valence-corrected chi connectivity index (χ4v) is 1.24. The zero-order valence-electron chi connectivity index (χ0n) is 9.67. The van der Waals surface area contributed by atoms with Crippen molar-refractivity contribution in [3.8, 4) is 0 Å². The SMILES string of the molecule is CCCn1ccnc1NCC(C)(C)C. The molecule has 0 amide bonds. The van der Waals surface area contributed by atoms with Gasteiger partial charge in [0.1, 0.15) is 0 Å². The normalized spacial score (nSPS) is 11.7. The average Bonchev–Trinajstić information content (AvgIpc) is 2.48. The molecule has 14 heavy (non-hydrogen) atoms. The zero-order chi connectivity index (χ0) is 10.6.